The second kappa shape index (κ2) is 18.5. The number of aromatic nitrogens is 4. The summed E-state index contributed by atoms with van der Waals surface area (Å²) in [6, 6.07) is 0.762. The Morgan fingerprint density at radius 2 is 1.76 bits per heavy atom. The fourth-order valence-electron chi connectivity index (χ4n) is 7.46. The van der Waals surface area contributed by atoms with E-state index in [2.05, 4.69) is 49.7 Å². The average Bonchev–Trinajstić information content (AvgIpc) is 3.84. The van der Waals surface area contributed by atoms with Gasteiger partial charge in [0.15, 0.2) is 6.61 Å². The van der Waals surface area contributed by atoms with E-state index in [1.165, 1.54) is 58.3 Å². The predicted octanol–water partition coefficient (Wildman–Crippen LogP) is 4.43. The van der Waals surface area contributed by atoms with Crippen molar-refractivity contribution >= 4 is 11.9 Å². The number of amides is 1. The van der Waals surface area contributed by atoms with Gasteiger partial charge in [0, 0.05) is 69.8 Å². The number of rotatable bonds is 20. The zero-order valence-corrected chi connectivity index (χ0v) is 29.0. The number of carbonyl (C=O) groups excluding carboxylic acids is 2. The van der Waals surface area contributed by atoms with Crippen LogP contribution in [0.2, 0.25) is 0 Å². The van der Waals surface area contributed by atoms with Crippen LogP contribution in [0.25, 0.3) is 0 Å². The molecule has 0 aromatic carbocycles. The van der Waals surface area contributed by atoms with Gasteiger partial charge in [-0.3, -0.25) is 9.59 Å². The number of likely N-dealkylation sites (tertiary alicyclic amines) is 2. The van der Waals surface area contributed by atoms with Gasteiger partial charge in [0.1, 0.15) is 11.6 Å². The van der Waals surface area contributed by atoms with Gasteiger partial charge in [-0.15, -0.1) is 0 Å². The zero-order chi connectivity index (χ0) is 32.8. The van der Waals surface area contributed by atoms with Crippen molar-refractivity contribution in [2.45, 2.75) is 111 Å². The molecule has 46 heavy (non-hydrogen) atoms. The number of nitrogens with one attached hydrogen (secondary N) is 2. The molecule has 11 nitrogen and oxygen atoms in total. The number of H-pyrrole nitrogens is 1. The number of hydrogen-bond donors (Lipinski definition) is 2. The average molecular weight is 641 g/mol. The quantitative estimate of drug-likeness (QED) is 0.162. The van der Waals surface area contributed by atoms with Crippen molar-refractivity contribution in [1.29, 1.82) is 0 Å². The third-order valence-electron chi connectivity index (χ3n) is 10.4. The van der Waals surface area contributed by atoms with Crippen molar-refractivity contribution < 1.29 is 14.3 Å². The number of piperidine rings is 1. The summed E-state index contributed by atoms with van der Waals surface area (Å²) in [5, 5.41) is 3.62. The van der Waals surface area contributed by atoms with Gasteiger partial charge < -0.3 is 34.3 Å². The number of hydrogen-bond acceptors (Lipinski definition) is 8. The van der Waals surface area contributed by atoms with Crippen molar-refractivity contribution in [3.8, 4) is 0 Å². The molecule has 0 saturated carbocycles. The number of aromatic amines is 1. The minimum Gasteiger partial charge on any atom is -0.456 e. The summed E-state index contributed by atoms with van der Waals surface area (Å²) in [7, 11) is 0. The van der Waals surface area contributed by atoms with Crippen LogP contribution in [0, 0.1) is 5.41 Å². The number of esters is 1. The highest BCUT2D eigenvalue weighted by Crippen LogP contribution is 2.41. The van der Waals surface area contributed by atoms with E-state index in [0.717, 1.165) is 56.6 Å². The van der Waals surface area contributed by atoms with E-state index in [1.54, 1.807) is 11.1 Å². The fraction of sp³-hybridized carbons (Fsp3) is 0.771. The smallest absolute Gasteiger partial charge is 0.306 e. The molecule has 1 atom stereocenters. The Morgan fingerprint density at radius 3 is 2.46 bits per heavy atom. The molecule has 1 unspecified atom stereocenters. The van der Waals surface area contributed by atoms with Crippen molar-refractivity contribution in [3.05, 3.63) is 36.4 Å². The van der Waals surface area contributed by atoms with Gasteiger partial charge in [0.05, 0.1) is 6.04 Å². The summed E-state index contributed by atoms with van der Waals surface area (Å²) in [5.74, 6) is 1.48. The first-order valence-electron chi connectivity index (χ1n) is 18.0. The standard InChI is InChI=1S/C35H60N8O3/c1-5-29(6-2)42-23-14-35(15-24-42)13-22-40(28-35)20-11-21-43-25-19-37-31(43)26-30(34-38-17-18-39-34)36-16-10-9-12-33(45)46-27-32(44)41(7-3)8-4/h17-19,25,29-30,36H,5-16,20-24,26-28H2,1-4H3,(H,38,39). The van der Waals surface area contributed by atoms with Gasteiger partial charge in [-0.05, 0) is 103 Å². The van der Waals surface area contributed by atoms with Crippen LogP contribution in [-0.2, 0) is 27.3 Å². The molecule has 2 aliphatic heterocycles. The van der Waals surface area contributed by atoms with E-state index in [-0.39, 0.29) is 24.5 Å². The van der Waals surface area contributed by atoms with Crippen molar-refractivity contribution in [3.63, 3.8) is 0 Å². The number of carbonyl (C=O) groups is 2. The highest BCUT2D eigenvalue weighted by atomic mass is 16.5. The van der Waals surface area contributed by atoms with Gasteiger partial charge in [-0.1, -0.05) is 13.8 Å². The Morgan fingerprint density at radius 1 is 1.00 bits per heavy atom. The van der Waals surface area contributed by atoms with Crippen LogP contribution in [0.15, 0.2) is 24.8 Å². The lowest BCUT2D eigenvalue weighted by molar-refractivity contribution is -0.152. The molecule has 2 N–H and O–H groups in total. The molecule has 0 bridgehead atoms. The molecule has 0 radical (unpaired) electrons. The van der Waals surface area contributed by atoms with Gasteiger partial charge in [0.25, 0.3) is 5.91 Å². The van der Waals surface area contributed by atoms with Crippen LogP contribution < -0.4 is 5.32 Å². The topological polar surface area (TPSA) is 112 Å². The summed E-state index contributed by atoms with van der Waals surface area (Å²) in [6.45, 7) is 17.4. The summed E-state index contributed by atoms with van der Waals surface area (Å²) >= 11 is 0. The predicted molar refractivity (Wildman–Crippen MR) is 181 cm³/mol. The molecule has 4 rings (SSSR count). The second-order valence-electron chi connectivity index (χ2n) is 13.3. The number of imidazole rings is 2. The lowest BCUT2D eigenvalue weighted by Crippen LogP contribution is -2.45. The van der Waals surface area contributed by atoms with Gasteiger partial charge in [-0.2, -0.15) is 0 Å². The number of likely N-dealkylation sites (N-methyl/N-ethyl adjacent to an activating group) is 1. The molecular weight excluding hydrogens is 580 g/mol. The Bertz CT molecular complexity index is 1150. The molecule has 1 amide bonds. The van der Waals surface area contributed by atoms with Crippen LogP contribution in [0.5, 0.6) is 0 Å². The molecule has 0 aliphatic carbocycles. The largest absolute Gasteiger partial charge is 0.456 e. The van der Waals surface area contributed by atoms with Gasteiger partial charge in [-0.25, -0.2) is 9.97 Å². The molecular formula is C35H60N8O3. The molecule has 11 heteroatoms. The third-order valence-corrected chi connectivity index (χ3v) is 10.4. The van der Waals surface area contributed by atoms with Crippen LogP contribution in [0.1, 0.15) is 103 Å². The molecule has 258 valence electrons. The molecule has 4 heterocycles. The SMILES string of the molecule is CCC(CC)N1CCC2(CCN(CCCn3ccnc3CC(NCCCCC(=O)OCC(=O)N(CC)CC)c3ncc[nH]3)C2)CC1. The molecule has 2 aromatic heterocycles. The summed E-state index contributed by atoms with van der Waals surface area (Å²) in [4.78, 5) is 43.8. The Hall–Kier alpha value is -2.76. The number of unbranched alkanes of at least 4 members (excludes halogenated alkanes) is 1. The Balaban J connectivity index is 1.17. The highest BCUT2D eigenvalue weighted by Gasteiger charge is 2.41. The maximum Gasteiger partial charge on any atom is 0.306 e. The molecule has 2 fully saturated rings. The number of nitrogens with zero attached hydrogens (tertiary/aromatic N) is 6. The van der Waals surface area contributed by atoms with E-state index < -0.39 is 0 Å². The van der Waals surface area contributed by atoms with Crippen molar-refractivity contribution in [1.82, 2.24) is 39.5 Å². The van der Waals surface area contributed by atoms with E-state index >= 15 is 0 Å². The molecule has 2 saturated heterocycles. The number of aryl methyl sites for hydroxylation is 1. The maximum absolute atomic E-state index is 12.1. The second-order valence-corrected chi connectivity index (χ2v) is 13.3. The maximum atomic E-state index is 12.1. The van der Waals surface area contributed by atoms with Gasteiger partial charge >= 0.3 is 5.97 Å². The van der Waals surface area contributed by atoms with Crippen LogP contribution in [0.4, 0.5) is 0 Å². The highest BCUT2D eigenvalue weighted by molar-refractivity contribution is 5.80. The summed E-state index contributed by atoms with van der Waals surface area (Å²) in [6.07, 6.45) is 17.9. The first-order chi connectivity index (χ1) is 22.4. The van der Waals surface area contributed by atoms with Crippen LogP contribution in [0.3, 0.4) is 0 Å². The monoisotopic (exact) mass is 640 g/mol. The zero-order valence-electron chi connectivity index (χ0n) is 29.0. The summed E-state index contributed by atoms with van der Waals surface area (Å²) < 4.78 is 7.49. The minimum absolute atomic E-state index is 0.000819. The van der Waals surface area contributed by atoms with Crippen molar-refractivity contribution in [2.75, 3.05) is 59.0 Å². The normalized spacial score (nSPS) is 17.6. The first kappa shape index (κ1) is 36.1. The fourth-order valence-corrected chi connectivity index (χ4v) is 7.46. The Labute approximate surface area is 276 Å². The van der Waals surface area contributed by atoms with Crippen molar-refractivity contribution in [2.24, 2.45) is 5.41 Å². The van der Waals surface area contributed by atoms with Crippen LogP contribution in [-0.4, -0.2) is 111 Å². The Kier molecular flexibility index (Phi) is 14.5. The van der Waals surface area contributed by atoms with E-state index in [1.807, 2.05) is 26.2 Å². The molecule has 1 spiro atoms. The molecule has 2 aliphatic rings. The minimum atomic E-state index is -0.323. The van der Waals surface area contributed by atoms with Gasteiger partial charge in [0.2, 0.25) is 0 Å². The number of ether oxygens (including phenoxy) is 1. The molecule has 2 aromatic rings. The first-order valence-corrected chi connectivity index (χ1v) is 18.0. The lowest BCUT2D eigenvalue weighted by atomic mass is 9.77. The van der Waals surface area contributed by atoms with E-state index in [4.69, 9.17) is 9.72 Å². The van der Waals surface area contributed by atoms with E-state index in [0.29, 0.717) is 31.3 Å². The summed E-state index contributed by atoms with van der Waals surface area (Å²) in [5.41, 5.74) is 0.537. The lowest BCUT2D eigenvalue weighted by Gasteiger charge is -2.42. The third kappa shape index (κ3) is 10.4. The van der Waals surface area contributed by atoms with E-state index in [9.17, 15) is 9.59 Å². The van der Waals surface area contributed by atoms with Crippen LogP contribution >= 0.6 is 0 Å².